The Bertz CT molecular complexity index is 669. The number of ether oxygens (including phenoxy) is 2. The molecule has 1 saturated heterocycles. The van der Waals surface area contributed by atoms with Crippen LogP contribution in [0.4, 0.5) is 0 Å². The first-order valence-corrected chi connectivity index (χ1v) is 8.57. The molecule has 1 aliphatic heterocycles. The summed E-state index contributed by atoms with van der Waals surface area (Å²) < 4.78 is 17.5. The second-order valence-electron chi connectivity index (χ2n) is 6.58. The number of pyridine rings is 1. The lowest BCUT2D eigenvalue weighted by Crippen LogP contribution is -2.51. The minimum absolute atomic E-state index is 0.0670. The lowest BCUT2D eigenvalue weighted by atomic mass is 10.1. The average molecular weight is 329 g/mol. The van der Waals surface area contributed by atoms with Gasteiger partial charge in [-0.2, -0.15) is 0 Å². The number of nitrogens with zero attached hydrogens (tertiary/aromatic N) is 3. The number of fused-ring (bicyclic) bond motifs is 1. The van der Waals surface area contributed by atoms with Crippen LogP contribution in [0.3, 0.4) is 0 Å². The summed E-state index contributed by atoms with van der Waals surface area (Å²) in [5.41, 5.74) is 2.18. The molecule has 0 radical (unpaired) electrons. The van der Waals surface area contributed by atoms with Crippen LogP contribution in [0.25, 0.3) is 0 Å². The normalized spacial score (nSPS) is 27.2. The highest BCUT2D eigenvalue weighted by atomic mass is 16.5. The summed E-state index contributed by atoms with van der Waals surface area (Å²) in [6.45, 7) is 6.51. The molecule has 0 bridgehead atoms. The van der Waals surface area contributed by atoms with E-state index in [1.165, 1.54) is 5.56 Å². The van der Waals surface area contributed by atoms with Crippen LogP contribution < -0.4 is 4.74 Å². The molecule has 0 N–H and O–H groups in total. The van der Waals surface area contributed by atoms with Crippen molar-refractivity contribution in [3.63, 3.8) is 0 Å². The first-order chi connectivity index (χ1) is 11.7. The molecule has 128 valence electrons. The van der Waals surface area contributed by atoms with Crippen LogP contribution >= 0.6 is 0 Å². The molecule has 0 unspecified atom stereocenters. The molecule has 6 heteroatoms. The summed E-state index contributed by atoms with van der Waals surface area (Å²) in [5, 5.41) is 4.07. The van der Waals surface area contributed by atoms with Crippen molar-refractivity contribution in [1.29, 1.82) is 0 Å². The summed E-state index contributed by atoms with van der Waals surface area (Å²) in [6.07, 6.45) is 3.99. The van der Waals surface area contributed by atoms with Crippen molar-refractivity contribution in [3.05, 3.63) is 41.4 Å². The molecule has 24 heavy (non-hydrogen) atoms. The predicted molar refractivity (Wildman–Crippen MR) is 87.8 cm³/mol. The largest absolute Gasteiger partial charge is 0.472 e. The standard InChI is InChI=1S/C18H23N3O3/c1-12-14(13(2)24-20-12)11-21-9-10-22-18-15(21)6-7-16(18)23-17-5-3-4-8-19-17/h3-5,8,15-16,18H,6-7,9-11H2,1-2H3/t15-,16+,18+/m0/s1. The van der Waals surface area contributed by atoms with E-state index in [9.17, 15) is 0 Å². The van der Waals surface area contributed by atoms with Crippen molar-refractivity contribution in [3.8, 4) is 5.88 Å². The Labute approximate surface area is 141 Å². The molecule has 0 aromatic carbocycles. The van der Waals surface area contributed by atoms with Crippen molar-refractivity contribution in [2.24, 2.45) is 0 Å². The van der Waals surface area contributed by atoms with Gasteiger partial charge in [-0.25, -0.2) is 4.98 Å². The van der Waals surface area contributed by atoms with Crippen LogP contribution in [0.2, 0.25) is 0 Å². The van der Waals surface area contributed by atoms with E-state index in [2.05, 4.69) is 15.0 Å². The van der Waals surface area contributed by atoms with Crippen molar-refractivity contribution < 1.29 is 14.0 Å². The third-order valence-electron chi connectivity index (χ3n) is 5.10. The van der Waals surface area contributed by atoms with Crippen molar-refractivity contribution in [2.75, 3.05) is 13.2 Å². The van der Waals surface area contributed by atoms with E-state index in [1.54, 1.807) is 6.20 Å². The third kappa shape index (κ3) is 2.91. The summed E-state index contributed by atoms with van der Waals surface area (Å²) in [5.74, 6) is 1.59. The minimum atomic E-state index is 0.0670. The van der Waals surface area contributed by atoms with E-state index >= 15 is 0 Å². The van der Waals surface area contributed by atoms with E-state index in [1.807, 2.05) is 32.0 Å². The highest BCUT2D eigenvalue weighted by molar-refractivity contribution is 5.21. The molecule has 2 aromatic heterocycles. The summed E-state index contributed by atoms with van der Waals surface area (Å²) in [7, 11) is 0. The molecule has 0 spiro atoms. The smallest absolute Gasteiger partial charge is 0.213 e. The molecule has 6 nitrogen and oxygen atoms in total. The Morgan fingerprint density at radius 2 is 2.21 bits per heavy atom. The topological polar surface area (TPSA) is 60.6 Å². The van der Waals surface area contributed by atoms with Gasteiger partial charge < -0.3 is 14.0 Å². The van der Waals surface area contributed by atoms with Gasteiger partial charge in [-0.3, -0.25) is 4.90 Å². The number of rotatable bonds is 4. The fourth-order valence-corrected chi connectivity index (χ4v) is 3.82. The van der Waals surface area contributed by atoms with Crippen LogP contribution in [0.1, 0.15) is 29.9 Å². The fraction of sp³-hybridized carbons (Fsp3) is 0.556. The van der Waals surface area contributed by atoms with Crippen LogP contribution in [0, 0.1) is 13.8 Å². The number of aryl methyl sites for hydroxylation is 2. The molecule has 0 amide bonds. The van der Waals surface area contributed by atoms with Gasteiger partial charge in [-0.1, -0.05) is 11.2 Å². The molecule has 3 heterocycles. The highest BCUT2D eigenvalue weighted by Crippen LogP contribution is 2.34. The predicted octanol–water partition coefficient (Wildman–Crippen LogP) is 2.50. The quantitative estimate of drug-likeness (QED) is 0.859. The van der Waals surface area contributed by atoms with Crippen molar-refractivity contribution in [2.45, 2.75) is 51.5 Å². The minimum Gasteiger partial charge on any atom is -0.472 e. The molecule has 3 atom stereocenters. The van der Waals surface area contributed by atoms with E-state index in [0.717, 1.165) is 44.0 Å². The number of morpholine rings is 1. The summed E-state index contributed by atoms with van der Waals surface area (Å²) >= 11 is 0. The van der Waals surface area contributed by atoms with Crippen molar-refractivity contribution in [1.82, 2.24) is 15.0 Å². The Morgan fingerprint density at radius 1 is 1.29 bits per heavy atom. The first kappa shape index (κ1) is 15.6. The van der Waals surface area contributed by atoms with Gasteiger partial charge in [0.15, 0.2) is 0 Å². The van der Waals surface area contributed by atoms with Crippen LogP contribution in [0.15, 0.2) is 28.9 Å². The lowest BCUT2D eigenvalue weighted by molar-refractivity contribution is -0.0923. The van der Waals surface area contributed by atoms with E-state index < -0.39 is 0 Å². The lowest BCUT2D eigenvalue weighted by Gasteiger charge is -2.38. The Balaban J connectivity index is 1.46. The zero-order valence-electron chi connectivity index (χ0n) is 14.1. The molecule has 2 fully saturated rings. The van der Waals surface area contributed by atoms with Crippen LogP contribution in [-0.4, -0.2) is 46.4 Å². The SMILES string of the molecule is Cc1noc(C)c1CN1CCO[C@H]2[C@H](Oc3ccccn3)CC[C@@H]21. The Morgan fingerprint density at radius 3 is 2.96 bits per heavy atom. The van der Waals surface area contributed by atoms with Gasteiger partial charge in [-0.05, 0) is 32.8 Å². The van der Waals surface area contributed by atoms with Gasteiger partial charge in [0.05, 0.1) is 12.3 Å². The maximum absolute atomic E-state index is 6.08. The molecular formula is C18H23N3O3. The second kappa shape index (κ2) is 6.53. The molecule has 4 rings (SSSR count). The fourth-order valence-electron chi connectivity index (χ4n) is 3.82. The van der Waals surface area contributed by atoms with Gasteiger partial charge in [-0.15, -0.1) is 0 Å². The van der Waals surface area contributed by atoms with Gasteiger partial charge in [0, 0.05) is 37.0 Å². The van der Waals surface area contributed by atoms with Gasteiger partial charge in [0.25, 0.3) is 0 Å². The zero-order chi connectivity index (χ0) is 16.5. The second-order valence-corrected chi connectivity index (χ2v) is 6.58. The van der Waals surface area contributed by atoms with Crippen LogP contribution in [-0.2, 0) is 11.3 Å². The monoisotopic (exact) mass is 329 g/mol. The van der Waals surface area contributed by atoms with Gasteiger partial charge >= 0.3 is 0 Å². The average Bonchev–Trinajstić information content (AvgIpc) is 3.15. The number of hydrogen-bond acceptors (Lipinski definition) is 6. The van der Waals surface area contributed by atoms with Crippen molar-refractivity contribution >= 4 is 0 Å². The van der Waals surface area contributed by atoms with E-state index in [4.69, 9.17) is 14.0 Å². The molecule has 1 saturated carbocycles. The molecule has 2 aromatic rings. The zero-order valence-corrected chi connectivity index (χ0v) is 14.1. The molecule has 1 aliphatic carbocycles. The summed E-state index contributed by atoms with van der Waals surface area (Å²) in [6, 6.07) is 6.12. The van der Waals surface area contributed by atoms with E-state index in [-0.39, 0.29) is 12.2 Å². The third-order valence-corrected chi connectivity index (χ3v) is 5.10. The van der Waals surface area contributed by atoms with Gasteiger partial charge in [0.2, 0.25) is 5.88 Å². The van der Waals surface area contributed by atoms with Gasteiger partial charge in [0.1, 0.15) is 18.0 Å². The highest BCUT2D eigenvalue weighted by Gasteiger charge is 2.44. The summed E-state index contributed by atoms with van der Waals surface area (Å²) in [4.78, 5) is 6.76. The van der Waals surface area contributed by atoms with E-state index in [0.29, 0.717) is 11.9 Å². The first-order valence-electron chi connectivity index (χ1n) is 8.57. The Kier molecular flexibility index (Phi) is 4.24. The van der Waals surface area contributed by atoms with Crippen LogP contribution in [0.5, 0.6) is 5.88 Å². The number of aromatic nitrogens is 2. The Hall–Kier alpha value is -1.92. The maximum atomic E-state index is 6.08. The molecule has 2 aliphatic rings. The number of hydrogen-bond donors (Lipinski definition) is 0. The molecular weight excluding hydrogens is 306 g/mol. The maximum Gasteiger partial charge on any atom is 0.213 e.